The molecule has 0 radical (unpaired) electrons. The fraction of sp³-hybridized carbons (Fsp3) is 0.250. The summed E-state index contributed by atoms with van der Waals surface area (Å²) in [6.07, 6.45) is 1.55. The number of nitrogens with zero attached hydrogens (tertiary/aromatic N) is 1. The lowest BCUT2D eigenvalue weighted by Gasteiger charge is -2.03. The number of hydrogen-bond acceptors (Lipinski definition) is 2. The van der Waals surface area contributed by atoms with Crippen molar-refractivity contribution in [3.05, 3.63) is 27.5 Å². The van der Waals surface area contributed by atoms with Crippen LogP contribution in [0.15, 0.2) is 16.7 Å². The van der Waals surface area contributed by atoms with Crippen molar-refractivity contribution < 1.29 is 4.79 Å². The van der Waals surface area contributed by atoms with E-state index in [1.54, 1.807) is 12.3 Å². The van der Waals surface area contributed by atoms with E-state index in [0.29, 0.717) is 12.1 Å². The van der Waals surface area contributed by atoms with Crippen molar-refractivity contribution in [2.24, 2.45) is 0 Å². The molecule has 1 heterocycles. The molecule has 13 heavy (non-hydrogen) atoms. The third-order valence-corrected chi connectivity index (χ3v) is 2.12. The average Bonchev–Trinajstić information content (AvgIpc) is 2.09. The van der Waals surface area contributed by atoms with Crippen LogP contribution in [0.1, 0.15) is 17.3 Å². The number of carbonyl (C=O) groups is 1. The van der Waals surface area contributed by atoms with Crippen LogP contribution in [0.25, 0.3) is 0 Å². The molecule has 0 spiro atoms. The molecule has 0 saturated carbocycles. The molecule has 1 aromatic heterocycles. The molecule has 1 aromatic rings. The van der Waals surface area contributed by atoms with Gasteiger partial charge in [0, 0.05) is 17.2 Å². The van der Waals surface area contributed by atoms with Crippen LogP contribution in [0.5, 0.6) is 0 Å². The van der Waals surface area contributed by atoms with E-state index in [9.17, 15) is 4.79 Å². The molecule has 0 atom stereocenters. The van der Waals surface area contributed by atoms with E-state index in [0.717, 1.165) is 4.47 Å². The Bertz CT molecular complexity index is 330. The highest BCUT2D eigenvalue weighted by Crippen LogP contribution is 2.17. The van der Waals surface area contributed by atoms with E-state index in [1.807, 2.05) is 6.92 Å². The van der Waals surface area contributed by atoms with Gasteiger partial charge in [-0.2, -0.15) is 0 Å². The molecule has 0 saturated heterocycles. The Hall–Kier alpha value is -0.610. The van der Waals surface area contributed by atoms with Gasteiger partial charge in [-0.3, -0.25) is 4.79 Å². The smallest absolute Gasteiger partial charge is 0.254 e. The van der Waals surface area contributed by atoms with E-state index in [1.165, 1.54) is 0 Å². The van der Waals surface area contributed by atoms with Gasteiger partial charge in [0.1, 0.15) is 5.15 Å². The minimum absolute atomic E-state index is 0.207. The second-order valence-corrected chi connectivity index (χ2v) is 3.63. The third kappa shape index (κ3) is 2.67. The highest BCUT2D eigenvalue weighted by Gasteiger charge is 2.10. The van der Waals surface area contributed by atoms with Crippen LogP contribution in [-0.4, -0.2) is 17.4 Å². The molecule has 0 fully saturated rings. The number of rotatable bonds is 2. The molecule has 1 amide bonds. The van der Waals surface area contributed by atoms with Gasteiger partial charge in [-0.05, 0) is 28.9 Å². The maximum atomic E-state index is 11.4. The van der Waals surface area contributed by atoms with Gasteiger partial charge < -0.3 is 5.32 Å². The summed E-state index contributed by atoms with van der Waals surface area (Å²) in [5.74, 6) is -0.207. The zero-order chi connectivity index (χ0) is 9.84. The fourth-order valence-corrected chi connectivity index (χ4v) is 1.36. The van der Waals surface area contributed by atoms with Crippen LogP contribution in [0, 0.1) is 0 Å². The molecular weight excluding hydrogens is 255 g/mol. The standard InChI is InChI=1S/C8H8BrClN2O/c1-2-11-8(13)6-3-5(9)4-12-7(6)10/h3-4H,2H2,1H3,(H,11,13). The summed E-state index contributed by atoms with van der Waals surface area (Å²) in [4.78, 5) is 15.2. The molecule has 0 unspecified atom stereocenters. The van der Waals surface area contributed by atoms with E-state index in [2.05, 4.69) is 26.2 Å². The summed E-state index contributed by atoms with van der Waals surface area (Å²) in [5, 5.41) is 2.86. The molecule has 5 heteroatoms. The molecule has 0 aromatic carbocycles. The van der Waals surface area contributed by atoms with Crippen LogP contribution in [0.4, 0.5) is 0 Å². The number of hydrogen-bond donors (Lipinski definition) is 1. The van der Waals surface area contributed by atoms with Gasteiger partial charge in [0.05, 0.1) is 5.56 Å². The predicted molar refractivity (Wildman–Crippen MR) is 55.0 cm³/mol. The van der Waals surface area contributed by atoms with Gasteiger partial charge in [0.2, 0.25) is 0 Å². The first-order valence-corrected chi connectivity index (χ1v) is 4.91. The largest absolute Gasteiger partial charge is 0.352 e. The van der Waals surface area contributed by atoms with Gasteiger partial charge >= 0.3 is 0 Å². The number of halogens is 2. The second-order valence-electron chi connectivity index (χ2n) is 2.35. The Morgan fingerprint density at radius 3 is 3.08 bits per heavy atom. The summed E-state index contributed by atoms with van der Waals surface area (Å²) in [6, 6.07) is 1.64. The first-order chi connectivity index (χ1) is 6.15. The van der Waals surface area contributed by atoms with Gasteiger partial charge in [-0.25, -0.2) is 4.98 Å². The van der Waals surface area contributed by atoms with Crippen molar-refractivity contribution in [1.29, 1.82) is 0 Å². The molecule has 0 bridgehead atoms. The summed E-state index contributed by atoms with van der Waals surface area (Å²) in [7, 11) is 0. The SMILES string of the molecule is CCNC(=O)c1cc(Br)cnc1Cl. The van der Waals surface area contributed by atoms with Gasteiger partial charge in [0.15, 0.2) is 0 Å². The van der Waals surface area contributed by atoms with Crippen LogP contribution in [0.3, 0.4) is 0 Å². The molecule has 1 N–H and O–H groups in total. The Balaban J connectivity index is 2.99. The summed E-state index contributed by atoms with van der Waals surface area (Å²) < 4.78 is 0.734. The lowest BCUT2D eigenvalue weighted by Crippen LogP contribution is -2.23. The Morgan fingerprint density at radius 1 is 1.77 bits per heavy atom. The van der Waals surface area contributed by atoms with E-state index >= 15 is 0 Å². The van der Waals surface area contributed by atoms with Crippen molar-refractivity contribution >= 4 is 33.4 Å². The van der Waals surface area contributed by atoms with Gasteiger partial charge in [-0.1, -0.05) is 11.6 Å². The topological polar surface area (TPSA) is 42.0 Å². The van der Waals surface area contributed by atoms with Crippen LogP contribution < -0.4 is 5.32 Å². The number of amides is 1. The maximum Gasteiger partial charge on any atom is 0.254 e. The molecule has 70 valence electrons. The molecule has 0 aliphatic carbocycles. The van der Waals surface area contributed by atoms with Crippen molar-refractivity contribution in [2.45, 2.75) is 6.92 Å². The fourth-order valence-electron chi connectivity index (χ4n) is 0.838. The van der Waals surface area contributed by atoms with E-state index in [4.69, 9.17) is 11.6 Å². The summed E-state index contributed by atoms with van der Waals surface area (Å²) in [6.45, 7) is 2.42. The third-order valence-electron chi connectivity index (χ3n) is 1.39. The Labute approximate surface area is 89.6 Å². The minimum Gasteiger partial charge on any atom is -0.352 e. The number of nitrogens with one attached hydrogen (secondary N) is 1. The quantitative estimate of drug-likeness (QED) is 0.832. The number of aromatic nitrogens is 1. The Kier molecular flexibility index (Phi) is 3.69. The predicted octanol–water partition coefficient (Wildman–Crippen LogP) is 2.25. The molecule has 1 rings (SSSR count). The lowest BCUT2D eigenvalue weighted by molar-refractivity contribution is 0.0955. The van der Waals surface area contributed by atoms with Crippen molar-refractivity contribution in [3.8, 4) is 0 Å². The minimum atomic E-state index is -0.207. The van der Waals surface area contributed by atoms with Gasteiger partial charge in [-0.15, -0.1) is 0 Å². The second kappa shape index (κ2) is 4.58. The van der Waals surface area contributed by atoms with E-state index in [-0.39, 0.29) is 11.1 Å². The van der Waals surface area contributed by atoms with Crippen molar-refractivity contribution in [2.75, 3.05) is 6.54 Å². The summed E-state index contributed by atoms with van der Waals surface area (Å²) in [5.41, 5.74) is 0.387. The highest BCUT2D eigenvalue weighted by atomic mass is 79.9. The lowest BCUT2D eigenvalue weighted by atomic mass is 10.3. The molecule has 0 aliphatic rings. The van der Waals surface area contributed by atoms with Crippen molar-refractivity contribution in [3.63, 3.8) is 0 Å². The first-order valence-electron chi connectivity index (χ1n) is 3.74. The average molecular weight is 264 g/mol. The highest BCUT2D eigenvalue weighted by molar-refractivity contribution is 9.10. The zero-order valence-electron chi connectivity index (χ0n) is 6.97. The number of pyridine rings is 1. The molecule has 0 aliphatic heterocycles. The molecular formula is C8H8BrClN2O. The van der Waals surface area contributed by atoms with Crippen LogP contribution in [-0.2, 0) is 0 Å². The molecule has 3 nitrogen and oxygen atoms in total. The normalized spacial score (nSPS) is 9.77. The van der Waals surface area contributed by atoms with Crippen molar-refractivity contribution in [1.82, 2.24) is 10.3 Å². The monoisotopic (exact) mass is 262 g/mol. The van der Waals surface area contributed by atoms with Crippen LogP contribution >= 0.6 is 27.5 Å². The van der Waals surface area contributed by atoms with E-state index < -0.39 is 0 Å². The maximum absolute atomic E-state index is 11.4. The van der Waals surface area contributed by atoms with Crippen LogP contribution in [0.2, 0.25) is 5.15 Å². The first kappa shape index (κ1) is 10.5. The zero-order valence-corrected chi connectivity index (χ0v) is 9.32. The number of carbonyl (C=O) groups excluding carboxylic acids is 1. The summed E-state index contributed by atoms with van der Waals surface area (Å²) >= 11 is 8.95. The van der Waals surface area contributed by atoms with Gasteiger partial charge in [0.25, 0.3) is 5.91 Å². The Morgan fingerprint density at radius 2 is 2.46 bits per heavy atom.